The molecule has 27 heavy (non-hydrogen) atoms. The highest BCUT2D eigenvalue weighted by Gasteiger charge is 2.18. The Morgan fingerprint density at radius 3 is 2.93 bits per heavy atom. The lowest BCUT2D eigenvalue weighted by Crippen LogP contribution is -2.14. The monoisotopic (exact) mass is 407 g/mol. The van der Waals surface area contributed by atoms with Gasteiger partial charge in [0.25, 0.3) is 0 Å². The Hall–Kier alpha value is -2.17. The summed E-state index contributed by atoms with van der Waals surface area (Å²) < 4.78 is 12.5. The number of anilines is 1. The van der Waals surface area contributed by atoms with Crippen LogP contribution in [0.1, 0.15) is 17.9 Å². The molecule has 0 spiro atoms. The van der Waals surface area contributed by atoms with Crippen molar-refractivity contribution in [3.05, 3.63) is 29.2 Å². The minimum Gasteiger partial charge on any atom is -0.469 e. The van der Waals surface area contributed by atoms with Gasteiger partial charge in [-0.05, 0) is 26.3 Å². The second-order valence-electron chi connectivity index (χ2n) is 5.83. The van der Waals surface area contributed by atoms with E-state index in [4.69, 9.17) is 9.15 Å². The number of rotatable bonds is 9. The Morgan fingerprint density at radius 2 is 2.26 bits per heavy atom. The minimum absolute atomic E-state index is 0.123. The summed E-state index contributed by atoms with van der Waals surface area (Å²) >= 11 is 2.76. The molecule has 0 saturated carbocycles. The summed E-state index contributed by atoms with van der Waals surface area (Å²) in [5.41, 5.74) is 1.79. The first-order chi connectivity index (χ1) is 13.1. The molecule has 3 aromatic heterocycles. The van der Waals surface area contributed by atoms with Crippen LogP contribution in [0.5, 0.6) is 0 Å². The van der Waals surface area contributed by atoms with Crippen LogP contribution in [0.4, 0.5) is 5.13 Å². The molecule has 0 aliphatic carbocycles. The maximum Gasteiger partial charge on any atom is 0.236 e. The van der Waals surface area contributed by atoms with Crippen molar-refractivity contribution < 1.29 is 13.9 Å². The smallest absolute Gasteiger partial charge is 0.236 e. The van der Waals surface area contributed by atoms with Crippen molar-refractivity contribution in [2.75, 3.05) is 24.8 Å². The van der Waals surface area contributed by atoms with Gasteiger partial charge < -0.3 is 19.0 Å². The Labute approximate surface area is 165 Å². The van der Waals surface area contributed by atoms with Crippen molar-refractivity contribution in [2.24, 2.45) is 0 Å². The van der Waals surface area contributed by atoms with E-state index in [1.165, 1.54) is 23.1 Å². The van der Waals surface area contributed by atoms with E-state index in [0.29, 0.717) is 23.4 Å². The molecule has 1 amide bonds. The van der Waals surface area contributed by atoms with Crippen molar-refractivity contribution in [1.29, 1.82) is 0 Å². The largest absolute Gasteiger partial charge is 0.469 e. The number of aromatic nitrogens is 4. The molecular weight excluding hydrogens is 386 g/mol. The second-order valence-corrected chi connectivity index (χ2v) is 7.63. The summed E-state index contributed by atoms with van der Waals surface area (Å²) in [5.74, 6) is 1.62. The lowest BCUT2D eigenvalue weighted by Gasteiger charge is -2.09. The number of carbonyl (C=O) groups is 1. The van der Waals surface area contributed by atoms with Crippen LogP contribution in [0.3, 0.4) is 0 Å². The van der Waals surface area contributed by atoms with E-state index in [1.54, 1.807) is 13.4 Å². The van der Waals surface area contributed by atoms with Crippen LogP contribution in [-0.2, 0) is 16.1 Å². The third-order valence-corrected chi connectivity index (χ3v) is 5.59. The molecule has 10 heteroatoms. The molecule has 0 fully saturated rings. The molecule has 0 aliphatic rings. The molecule has 0 unspecified atom stereocenters. The zero-order valence-corrected chi connectivity index (χ0v) is 17.0. The van der Waals surface area contributed by atoms with Gasteiger partial charge in [0.15, 0.2) is 16.1 Å². The molecule has 1 N–H and O–H groups in total. The van der Waals surface area contributed by atoms with E-state index in [2.05, 4.69) is 20.5 Å². The van der Waals surface area contributed by atoms with Gasteiger partial charge in [0.05, 0.1) is 23.3 Å². The van der Waals surface area contributed by atoms with Crippen LogP contribution in [-0.4, -0.2) is 45.1 Å². The zero-order chi connectivity index (χ0) is 19.2. The van der Waals surface area contributed by atoms with Gasteiger partial charge in [-0.2, -0.15) is 0 Å². The maximum absolute atomic E-state index is 12.2. The Balaban J connectivity index is 1.71. The number of ether oxygens (including phenoxy) is 1. The van der Waals surface area contributed by atoms with E-state index in [9.17, 15) is 4.79 Å². The van der Waals surface area contributed by atoms with E-state index < -0.39 is 0 Å². The number of amides is 1. The van der Waals surface area contributed by atoms with Gasteiger partial charge in [0, 0.05) is 25.6 Å². The van der Waals surface area contributed by atoms with Crippen molar-refractivity contribution in [3.63, 3.8) is 0 Å². The van der Waals surface area contributed by atoms with Gasteiger partial charge in [-0.1, -0.05) is 11.8 Å². The van der Waals surface area contributed by atoms with Crippen LogP contribution in [0.2, 0.25) is 0 Å². The number of thioether (sulfide) groups is 1. The van der Waals surface area contributed by atoms with E-state index in [-0.39, 0.29) is 11.7 Å². The lowest BCUT2D eigenvalue weighted by molar-refractivity contribution is -0.113. The average Bonchev–Trinajstić information content (AvgIpc) is 3.34. The van der Waals surface area contributed by atoms with Crippen molar-refractivity contribution in [3.8, 4) is 11.4 Å². The Kier molecular flexibility index (Phi) is 6.64. The fraction of sp³-hybridized carbons (Fsp3) is 0.412. The molecule has 0 aromatic carbocycles. The molecule has 0 saturated heterocycles. The van der Waals surface area contributed by atoms with Crippen LogP contribution in [0.25, 0.3) is 11.4 Å². The van der Waals surface area contributed by atoms with Gasteiger partial charge >= 0.3 is 0 Å². The van der Waals surface area contributed by atoms with Crippen molar-refractivity contribution >= 4 is 34.1 Å². The van der Waals surface area contributed by atoms with E-state index in [1.807, 2.05) is 29.9 Å². The highest BCUT2D eigenvalue weighted by Crippen LogP contribution is 2.27. The lowest BCUT2D eigenvalue weighted by atomic mass is 10.2. The SMILES string of the molecule is COCCCn1c(SCC(=O)Nc2nc(C)cs2)nnc1-c1ccoc1C. The first-order valence-corrected chi connectivity index (χ1v) is 10.3. The average molecular weight is 408 g/mol. The van der Waals surface area contributed by atoms with Crippen molar-refractivity contribution in [1.82, 2.24) is 19.7 Å². The number of thiazole rings is 1. The molecule has 144 valence electrons. The highest BCUT2D eigenvalue weighted by atomic mass is 32.2. The topological polar surface area (TPSA) is 95.1 Å². The van der Waals surface area contributed by atoms with Gasteiger partial charge in [-0.15, -0.1) is 21.5 Å². The van der Waals surface area contributed by atoms with E-state index >= 15 is 0 Å². The normalized spacial score (nSPS) is 11.1. The molecule has 3 aromatic rings. The highest BCUT2D eigenvalue weighted by molar-refractivity contribution is 7.99. The molecule has 0 radical (unpaired) electrons. The number of nitrogens with one attached hydrogen (secondary N) is 1. The number of carbonyl (C=O) groups excluding carboxylic acids is 1. The number of hydrogen-bond acceptors (Lipinski definition) is 8. The minimum atomic E-state index is -0.123. The number of hydrogen-bond donors (Lipinski definition) is 1. The summed E-state index contributed by atoms with van der Waals surface area (Å²) in [6.07, 6.45) is 2.45. The number of nitrogens with zero attached hydrogens (tertiary/aromatic N) is 4. The standard InChI is InChI=1S/C17H21N5O3S2/c1-11-9-26-16(18-11)19-14(23)10-27-17-21-20-15(13-5-8-25-12(13)2)22(17)6-4-7-24-3/h5,8-9H,4,6-7,10H2,1-3H3,(H,18,19,23). The maximum atomic E-state index is 12.2. The van der Waals surface area contributed by atoms with Gasteiger partial charge in [0.2, 0.25) is 5.91 Å². The molecule has 8 nitrogen and oxygen atoms in total. The molecule has 3 rings (SSSR count). The molecule has 0 atom stereocenters. The second kappa shape index (κ2) is 9.16. The van der Waals surface area contributed by atoms with Crippen LogP contribution in [0, 0.1) is 13.8 Å². The number of aryl methyl sites for hydroxylation is 2. The van der Waals surface area contributed by atoms with Gasteiger partial charge in [-0.3, -0.25) is 4.79 Å². The summed E-state index contributed by atoms with van der Waals surface area (Å²) in [6, 6.07) is 1.87. The summed E-state index contributed by atoms with van der Waals surface area (Å²) in [4.78, 5) is 16.4. The molecule has 0 aliphatic heterocycles. The van der Waals surface area contributed by atoms with E-state index in [0.717, 1.165) is 29.3 Å². The predicted octanol–water partition coefficient (Wildman–Crippen LogP) is 3.38. The Bertz CT molecular complexity index is 902. The number of methoxy groups -OCH3 is 1. The zero-order valence-electron chi connectivity index (χ0n) is 15.4. The molecule has 3 heterocycles. The quantitative estimate of drug-likeness (QED) is 0.429. The van der Waals surface area contributed by atoms with Gasteiger partial charge in [0.1, 0.15) is 5.76 Å². The third-order valence-electron chi connectivity index (χ3n) is 3.74. The van der Waals surface area contributed by atoms with Gasteiger partial charge in [-0.25, -0.2) is 4.98 Å². The predicted molar refractivity (Wildman–Crippen MR) is 105 cm³/mol. The molecular formula is C17H21N5O3S2. The Morgan fingerprint density at radius 1 is 1.41 bits per heavy atom. The van der Waals surface area contributed by atoms with Crippen LogP contribution < -0.4 is 5.32 Å². The van der Waals surface area contributed by atoms with Crippen LogP contribution in [0.15, 0.2) is 27.3 Å². The third kappa shape index (κ3) is 4.96. The fourth-order valence-corrected chi connectivity index (χ4v) is 3.95. The summed E-state index contributed by atoms with van der Waals surface area (Å²) in [6.45, 7) is 5.11. The van der Waals surface area contributed by atoms with Crippen LogP contribution >= 0.6 is 23.1 Å². The first kappa shape index (κ1) is 19.6. The number of furan rings is 1. The summed E-state index contributed by atoms with van der Waals surface area (Å²) in [7, 11) is 1.67. The molecule has 0 bridgehead atoms. The summed E-state index contributed by atoms with van der Waals surface area (Å²) in [5, 5.41) is 14.6. The van der Waals surface area contributed by atoms with Crippen molar-refractivity contribution in [2.45, 2.75) is 32.0 Å². The fourth-order valence-electron chi connectivity index (χ4n) is 2.48. The first-order valence-electron chi connectivity index (χ1n) is 8.40.